The monoisotopic (exact) mass is 837 g/mol. The molecule has 3 aliphatic rings. The van der Waals surface area contributed by atoms with Crippen LogP contribution < -0.4 is 20.4 Å². The second-order valence-electron chi connectivity index (χ2n) is 17.0. The van der Waals surface area contributed by atoms with Crippen LogP contribution in [0.3, 0.4) is 0 Å². The van der Waals surface area contributed by atoms with Crippen molar-refractivity contribution in [2.24, 2.45) is 5.92 Å². The number of carbonyl (C=O) groups excluding carboxylic acids is 2. The Morgan fingerprint density at radius 1 is 0.967 bits per heavy atom. The number of nitrogens with zero attached hydrogens (tertiary/aromatic N) is 4. The molecule has 0 unspecified atom stereocenters. The fourth-order valence-corrected chi connectivity index (χ4v) is 14.3. The van der Waals surface area contributed by atoms with Gasteiger partial charge in [-0.2, -0.15) is 0 Å². The average Bonchev–Trinajstić information content (AvgIpc) is 3.85. The molecule has 0 aliphatic carbocycles. The van der Waals surface area contributed by atoms with E-state index in [9.17, 15) is 24.8 Å². The molecule has 4 heterocycles. The summed E-state index contributed by atoms with van der Waals surface area (Å²) in [5.74, 6) is -0.356. The van der Waals surface area contributed by atoms with Crippen LogP contribution in [0.4, 0.5) is 11.4 Å². The molecule has 61 heavy (non-hydrogen) atoms. The zero-order valence-corrected chi connectivity index (χ0v) is 35.4. The molecule has 9 rings (SSSR count). The molecule has 14 heteroatoms. The number of nitrogens with one attached hydrogen (secondary N) is 1. The van der Waals surface area contributed by atoms with Crippen molar-refractivity contribution in [2.45, 2.75) is 69.2 Å². The van der Waals surface area contributed by atoms with E-state index in [0.29, 0.717) is 46.6 Å². The van der Waals surface area contributed by atoms with Gasteiger partial charge in [0.15, 0.2) is 5.60 Å². The Morgan fingerprint density at radius 3 is 2.36 bits per heavy atom. The van der Waals surface area contributed by atoms with E-state index < -0.39 is 36.7 Å². The quantitative estimate of drug-likeness (QED) is 0.0920. The Balaban J connectivity index is 1.10. The molecule has 3 aliphatic heterocycles. The van der Waals surface area contributed by atoms with Crippen molar-refractivity contribution in [2.75, 3.05) is 18.6 Å². The van der Waals surface area contributed by atoms with E-state index in [0.717, 1.165) is 21.9 Å². The Morgan fingerprint density at radius 2 is 1.67 bits per heavy atom. The second kappa shape index (κ2) is 15.3. The van der Waals surface area contributed by atoms with E-state index in [1.165, 1.54) is 16.8 Å². The van der Waals surface area contributed by atoms with Crippen molar-refractivity contribution in [3.63, 3.8) is 0 Å². The third-order valence-corrected chi connectivity index (χ3v) is 17.8. The van der Waals surface area contributed by atoms with Crippen molar-refractivity contribution in [1.82, 2.24) is 14.7 Å². The van der Waals surface area contributed by atoms with Crippen molar-refractivity contribution in [3.8, 4) is 11.4 Å². The van der Waals surface area contributed by atoms with E-state index in [-0.39, 0.29) is 48.2 Å². The number of hydrogen-bond acceptors (Lipinski definition) is 8. The predicted octanol–water partition coefficient (Wildman–Crippen LogP) is 6.33. The number of non-ortho nitro benzene ring substituents is 1. The maximum absolute atomic E-state index is 15.4. The number of carbonyl (C=O) groups is 2. The molecular weight excluding hydrogens is 791 g/mol. The van der Waals surface area contributed by atoms with Crippen LogP contribution in [0.1, 0.15) is 35.6 Å². The molecule has 312 valence electrons. The standard InChI is InChI=1S/C47H47N5O8Si/c1-29-44(61(3,4)37-20-18-36(59-2)19-21-37)42(25-43(54)49-27-32-10-6-5-9-31(32)23-35(49)28-53)60-47(29)39-24-34(52(57)58)17-22-41(39)50(46(47)56)26-30-13-15-33(16-14-30)51-45(55)38-11-7-8-12-40(38)48-51/h5-22,24,29,35,42,44,48,53H,23,25-28H2,1-4H3/t29-,35-,42+,44-,47+/m0/s1. The highest BCUT2D eigenvalue weighted by atomic mass is 28.3. The highest BCUT2D eigenvalue weighted by Gasteiger charge is 2.67. The maximum Gasteiger partial charge on any atom is 0.279 e. The van der Waals surface area contributed by atoms with Gasteiger partial charge >= 0.3 is 0 Å². The molecule has 2 amide bonds. The number of amides is 2. The zero-order valence-electron chi connectivity index (χ0n) is 34.4. The first-order chi connectivity index (χ1) is 29.3. The molecule has 0 saturated carbocycles. The Bertz CT molecular complexity index is 2750. The van der Waals surface area contributed by atoms with E-state index in [1.807, 2.05) is 97.9 Å². The summed E-state index contributed by atoms with van der Waals surface area (Å²) < 4.78 is 14.2. The number of anilines is 1. The summed E-state index contributed by atoms with van der Waals surface area (Å²) >= 11 is 0. The maximum atomic E-state index is 15.4. The summed E-state index contributed by atoms with van der Waals surface area (Å²) in [6, 6.07) is 34.5. The molecule has 13 nitrogen and oxygen atoms in total. The van der Waals surface area contributed by atoms with Gasteiger partial charge in [0.25, 0.3) is 17.2 Å². The largest absolute Gasteiger partial charge is 0.497 e. The number of hydrogen-bond donors (Lipinski definition) is 2. The van der Waals surface area contributed by atoms with Crippen LogP contribution in [0.5, 0.6) is 5.75 Å². The smallest absolute Gasteiger partial charge is 0.279 e. The van der Waals surface area contributed by atoms with Crippen molar-refractivity contribution < 1.29 is 29.1 Å². The van der Waals surface area contributed by atoms with Gasteiger partial charge in [-0.1, -0.05) is 85.9 Å². The Hall–Kier alpha value is -6.35. The van der Waals surface area contributed by atoms with Crippen molar-refractivity contribution >= 4 is 47.4 Å². The minimum Gasteiger partial charge on any atom is -0.497 e. The number of ether oxygens (including phenoxy) is 2. The number of nitro groups is 1. The lowest BCUT2D eigenvalue weighted by Crippen LogP contribution is -2.52. The normalized spacial score (nSPS) is 22.1. The third kappa shape index (κ3) is 6.56. The molecule has 6 aromatic rings. The van der Waals surface area contributed by atoms with Crippen LogP contribution in [0.25, 0.3) is 16.6 Å². The van der Waals surface area contributed by atoms with Crippen LogP contribution in [0.15, 0.2) is 120 Å². The topological polar surface area (TPSA) is 160 Å². The number of aliphatic hydroxyl groups excluding tert-OH is 1. The number of methoxy groups -OCH3 is 1. The summed E-state index contributed by atoms with van der Waals surface area (Å²) in [7, 11) is -1.06. The van der Waals surface area contributed by atoms with Gasteiger partial charge in [0.05, 0.1) is 74.1 Å². The SMILES string of the molecule is COc1ccc([Si](C)(C)[C@@H]2[C@@H](CC(=O)N3Cc4ccccc4C[C@H]3CO)O[C@]3(C(=O)N(Cc4ccc(-n5[nH]c6ccccc6c5=O)cc4)c4ccc([N+](=O)[O-])cc43)[C@H]2C)cc1. The number of rotatable bonds is 10. The number of aromatic nitrogens is 2. The average molecular weight is 838 g/mol. The Labute approximate surface area is 353 Å². The van der Waals surface area contributed by atoms with Gasteiger partial charge in [-0.25, -0.2) is 4.68 Å². The van der Waals surface area contributed by atoms with Crippen LogP contribution in [0, 0.1) is 16.0 Å². The first-order valence-corrected chi connectivity index (χ1v) is 23.6. The third-order valence-electron chi connectivity index (χ3n) is 13.4. The van der Waals surface area contributed by atoms with Gasteiger partial charge in [-0.3, -0.25) is 29.6 Å². The minimum atomic E-state index is -2.68. The van der Waals surface area contributed by atoms with Gasteiger partial charge in [0.1, 0.15) is 5.75 Å². The van der Waals surface area contributed by atoms with Gasteiger partial charge in [0, 0.05) is 30.2 Å². The molecular formula is C47H47N5O8Si. The number of nitro benzene ring substituents is 1. The molecule has 1 saturated heterocycles. The first kappa shape index (κ1) is 40.1. The van der Waals surface area contributed by atoms with Crippen LogP contribution in [-0.4, -0.2) is 70.5 Å². The fraction of sp³-hybridized carbons (Fsp3) is 0.298. The predicted molar refractivity (Wildman–Crippen MR) is 234 cm³/mol. The molecule has 1 aromatic heterocycles. The summed E-state index contributed by atoms with van der Waals surface area (Å²) in [4.78, 5) is 58.5. The highest BCUT2D eigenvalue weighted by Crippen LogP contribution is 2.60. The molecule has 5 aromatic carbocycles. The number of aliphatic hydroxyl groups is 1. The van der Waals surface area contributed by atoms with Crippen molar-refractivity contribution in [3.05, 3.63) is 158 Å². The lowest BCUT2D eigenvalue weighted by molar-refractivity contribution is -0.385. The number of para-hydroxylation sites is 1. The first-order valence-electron chi connectivity index (χ1n) is 20.5. The molecule has 0 radical (unpaired) electrons. The second-order valence-corrected chi connectivity index (χ2v) is 21.7. The van der Waals surface area contributed by atoms with Crippen LogP contribution in [0.2, 0.25) is 18.6 Å². The van der Waals surface area contributed by atoms with E-state index >= 15 is 4.79 Å². The lowest BCUT2D eigenvalue weighted by atomic mass is 9.82. The summed E-state index contributed by atoms with van der Waals surface area (Å²) in [6.45, 7) is 6.68. The van der Waals surface area contributed by atoms with Crippen LogP contribution in [-0.2, 0) is 39.4 Å². The summed E-state index contributed by atoms with van der Waals surface area (Å²) in [5, 5.41) is 27.6. The van der Waals surface area contributed by atoms with E-state index in [2.05, 4.69) is 18.2 Å². The summed E-state index contributed by atoms with van der Waals surface area (Å²) in [6.07, 6.45) is -0.273. The van der Waals surface area contributed by atoms with E-state index in [1.54, 1.807) is 29.0 Å². The van der Waals surface area contributed by atoms with Gasteiger partial charge < -0.3 is 24.4 Å². The zero-order chi connectivity index (χ0) is 42.8. The summed E-state index contributed by atoms with van der Waals surface area (Å²) in [5.41, 5.74) is 2.83. The lowest BCUT2D eigenvalue weighted by Gasteiger charge is -2.39. The molecule has 1 spiro atoms. The van der Waals surface area contributed by atoms with Gasteiger partial charge in [0.2, 0.25) is 5.91 Å². The van der Waals surface area contributed by atoms with Gasteiger partial charge in [-0.15, -0.1) is 0 Å². The number of H-pyrrole nitrogens is 1. The van der Waals surface area contributed by atoms with E-state index in [4.69, 9.17) is 9.47 Å². The molecule has 1 fully saturated rings. The van der Waals surface area contributed by atoms with Crippen molar-refractivity contribution in [1.29, 1.82) is 0 Å². The molecule has 2 N–H and O–H groups in total. The number of aromatic amines is 1. The number of benzene rings is 5. The fourth-order valence-electron chi connectivity index (χ4n) is 10.3. The Kier molecular flexibility index (Phi) is 10.0. The molecule has 0 bridgehead atoms. The highest BCUT2D eigenvalue weighted by molar-refractivity contribution is 6.91. The minimum absolute atomic E-state index is 0.0475. The van der Waals surface area contributed by atoms with Gasteiger partial charge in [-0.05, 0) is 71.1 Å². The molecule has 5 atom stereocenters. The van der Waals surface area contributed by atoms with Crippen LogP contribution >= 0.6 is 0 Å². The number of fused-ring (bicyclic) bond motifs is 4.